The summed E-state index contributed by atoms with van der Waals surface area (Å²) in [5.41, 5.74) is 2.68. The lowest BCUT2D eigenvalue weighted by Crippen LogP contribution is -2.51. The molecule has 2 atom stereocenters. The van der Waals surface area contributed by atoms with Crippen LogP contribution in [0, 0.1) is 0 Å². The summed E-state index contributed by atoms with van der Waals surface area (Å²) in [6, 6.07) is 20.2. The van der Waals surface area contributed by atoms with E-state index in [0.29, 0.717) is 21.8 Å². The molecule has 230 valence electrons. The van der Waals surface area contributed by atoms with Crippen LogP contribution >= 0.6 is 11.3 Å². The Balaban J connectivity index is 1.32. The zero-order chi connectivity index (χ0) is 32.3. The Bertz CT molecular complexity index is 1860. The largest absolute Gasteiger partial charge is 0.507 e. The molecular formula is C35H34N4O5S. The third kappa shape index (κ3) is 7.35. The van der Waals surface area contributed by atoms with Gasteiger partial charge in [-0.2, -0.15) is 0 Å². The van der Waals surface area contributed by atoms with Gasteiger partial charge in [-0.3, -0.25) is 14.4 Å². The van der Waals surface area contributed by atoms with E-state index >= 15 is 0 Å². The number of hydrogen-bond acceptors (Lipinski definition) is 7. The number of carboxylic acids is 1. The smallest absolute Gasteiger partial charge is 0.325 e. The number of fused-ring (bicyclic) bond motifs is 1. The molecule has 0 aliphatic carbocycles. The summed E-state index contributed by atoms with van der Waals surface area (Å²) in [6.45, 7) is 7.55. The van der Waals surface area contributed by atoms with Crippen molar-refractivity contribution in [1.82, 2.24) is 20.6 Å². The fourth-order valence-electron chi connectivity index (χ4n) is 4.78. The first-order valence-corrected chi connectivity index (χ1v) is 15.3. The number of carbonyl (C=O) groups excluding carboxylic acids is 2. The standard InChI is InChI=1S/C35H34N4O5S/c1-20(34(43)44)38-32(41)27(39-33(42)29-13-14-30(45-29)35(2,3)4)15-21-9-11-22(12-10-21)31-36-18-25(19-37-31)26-16-23-7-5-6-8-24(23)17-28(26)40/h5-14,16-20,27,40H,15H2,1-4H3,(H,38,41)(H,39,42)(H,43,44). The van der Waals surface area contributed by atoms with E-state index in [1.165, 1.54) is 18.3 Å². The van der Waals surface area contributed by atoms with E-state index in [2.05, 4.69) is 41.4 Å². The van der Waals surface area contributed by atoms with Gasteiger partial charge >= 0.3 is 5.97 Å². The Morgan fingerprint density at radius 1 is 0.867 bits per heavy atom. The number of nitrogens with zero attached hydrogens (tertiary/aromatic N) is 2. The molecule has 0 radical (unpaired) electrons. The molecule has 0 saturated carbocycles. The molecule has 0 aliphatic heterocycles. The summed E-state index contributed by atoms with van der Waals surface area (Å²) in [4.78, 5) is 48.1. The molecule has 0 bridgehead atoms. The molecule has 3 aromatic carbocycles. The average molecular weight is 623 g/mol. The summed E-state index contributed by atoms with van der Waals surface area (Å²) in [5.74, 6) is -1.54. The van der Waals surface area contributed by atoms with Gasteiger partial charge in [0, 0.05) is 40.4 Å². The monoisotopic (exact) mass is 622 g/mol. The van der Waals surface area contributed by atoms with Gasteiger partial charge < -0.3 is 20.8 Å². The van der Waals surface area contributed by atoms with Gasteiger partial charge in [0.2, 0.25) is 5.91 Å². The molecule has 0 aliphatic rings. The highest BCUT2D eigenvalue weighted by Crippen LogP contribution is 2.33. The lowest BCUT2D eigenvalue weighted by atomic mass is 9.95. The molecule has 2 amide bonds. The molecular weight excluding hydrogens is 588 g/mol. The minimum atomic E-state index is -1.17. The highest BCUT2D eigenvalue weighted by molar-refractivity contribution is 7.14. The Hall–Kier alpha value is -5.09. The predicted octanol–water partition coefficient (Wildman–Crippen LogP) is 5.96. The van der Waals surface area contributed by atoms with E-state index in [1.807, 2.05) is 60.7 Å². The maximum Gasteiger partial charge on any atom is 0.325 e. The van der Waals surface area contributed by atoms with E-state index in [-0.39, 0.29) is 17.6 Å². The third-order valence-electron chi connectivity index (χ3n) is 7.40. The fraction of sp³-hybridized carbons (Fsp3) is 0.229. The molecule has 0 spiro atoms. The minimum absolute atomic E-state index is 0.124. The number of rotatable bonds is 9. The van der Waals surface area contributed by atoms with Gasteiger partial charge in [0.05, 0.1) is 4.88 Å². The van der Waals surface area contributed by atoms with Crippen LogP contribution in [0.5, 0.6) is 5.75 Å². The number of carbonyl (C=O) groups is 3. The molecule has 45 heavy (non-hydrogen) atoms. The zero-order valence-corrected chi connectivity index (χ0v) is 26.2. The van der Waals surface area contributed by atoms with Crippen LogP contribution < -0.4 is 10.6 Å². The van der Waals surface area contributed by atoms with Gasteiger partial charge in [-0.15, -0.1) is 11.3 Å². The number of amides is 2. The Kier molecular flexibility index (Phi) is 8.96. The summed E-state index contributed by atoms with van der Waals surface area (Å²) in [6.07, 6.45) is 3.47. The zero-order valence-electron chi connectivity index (χ0n) is 25.4. The highest BCUT2D eigenvalue weighted by Gasteiger charge is 2.26. The van der Waals surface area contributed by atoms with Crippen LogP contribution in [0.2, 0.25) is 0 Å². The van der Waals surface area contributed by atoms with Crippen LogP contribution in [0.1, 0.15) is 47.8 Å². The number of aliphatic carboxylic acids is 1. The van der Waals surface area contributed by atoms with Crippen molar-refractivity contribution in [2.75, 3.05) is 0 Å². The van der Waals surface area contributed by atoms with Crippen molar-refractivity contribution >= 4 is 39.9 Å². The Morgan fingerprint density at radius 2 is 1.51 bits per heavy atom. The average Bonchev–Trinajstić information content (AvgIpc) is 3.53. The number of phenols is 1. The minimum Gasteiger partial charge on any atom is -0.507 e. The fourth-order valence-corrected chi connectivity index (χ4v) is 5.75. The number of thiophene rings is 1. The van der Waals surface area contributed by atoms with Crippen molar-refractivity contribution in [2.24, 2.45) is 0 Å². The van der Waals surface area contributed by atoms with Gasteiger partial charge in [0.25, 0.3) is 5.91 Å². The molecule has 2 unspecified atom stereocenters. The second-order valence-corrected chi connectivity index (χ2v) is 13.0. The van der Waals surface area contributed by atoms with Crippen LogP contribution in [0.25, 0.3) is 33.3 Å². The maximum atomic E-state index is 13.1. The summed E-state index contributed by atoms with van der Waals surface area (Å²) < 4.78 is 0. The summed E-state index contributed by atoms with van der Waals surface area (Å²) in [5, 5.41) is 27.1. The normalized spacial score (nSPS) is 12.8. The van der Waals surface area contributed by atoms with Crippen molar-refractivity contribution in [1.29, 1.82) is 0 Å². The van der Waals surface area contributed by atoms with Crippen LogP contribution in [0.4, 0.5) is 0 Å². The molecule has 2 heterocycles. The quantitative estimate of drug-likeness (QED) is 0.159. The number of carboxylic acid groups (broad SMARTS) is 1. The van der Waals surface area contributed by atoms with Crippen LogP contribution in [-0.2, 0) is 21.4 Å². The molecule has 10 heteroatoms. The first-order chi connectivity index (χ1) is 21.4. The lowest BCUT2D eigenvalue weighted by Gasteiger charge is -2.20. The molecule has 5 rings (SSSR count). The molecule has 5 aromatic rings. The number of nitrogens with one attached hydrogen (secondary N) is 2. The molecule has 0 saturated heterocycles. The predicted molar refractivity (Wildman–Crippen MR) is 175 cm³/mol. The van der Waals surface area contributed by atoms with Gasteiger partial charge in [-0.05, 0) is 52.9 Å². The van der Waals surface area contributed by atoms with Crippen LogP contribution in [0.15, 0.2) is 85.2 Å². The number of aromatic hydroxyl groups is 1. The molecule has 2 aromatic heterocycles. The third-order valence-corrected chi connectivity index (χ3v) is 8.91. The first kappa shape index (κ1) is 31.3. The molecule has 4 N–H and O–H groups in total. The van der Waals surface area contributed by atoms with E-state index < -0.39 is 29.9 Å². The summed E-state index contributed by atoms with van der Waals surface area (Å²) in [7, 11) is 0. The van der Waals surface area contributed by atoms with Crippen molar-refractivity contribution in [3.8, 4) is 28.3 Å². The second-order valence-electron chi connectivity index (χ2n) is 11.9. The summed E-state index contributed by atoms with van der Waals surface area (Å²) >= 11 is 1.36. The maximum absolute atomic E-state index is 13.1. The number of benzene rings is 3. The van der Waals surface area contributed by atoms with E-state index in [4.69, 9.17) is 0 Å². The van der Waals surface area contributed by atoms with E-state index in [0.717, 1.165) is 26.8 Å². The van der Waals surface area contributed by atoms with Gasteiger partial charge in [-0.25, -0.2) is 9.97 Å². The van der Waals surface area contributed by atoms with Crippen molar-refractivity contribution in [2.45, 2.75) is 51.6 Å². The molecule has 0 fully saturated rings. The van der Waals surface area contributed by atoms with Crippen LogP contribution in [0.3, 0.4) is 0 Å². The molecule has 9 nitrogen and oxygen atoms in total. The SMILES string of the molecule is CC(NC(=O)C(Cc1ccc(-c2ncc(-c3cc4ccccc4cc3O)cn2)cc1)NC(=O)c1ccc(C(C)(C)C)s1)C(=O)O. The first-order valence-electron chi connectivity index (χ1n) is 14.5. The van der Waals surface area contributed by atoms with Gasteiger partial charge in [0.15, 0.2) is 5.82 Å². The van der Waals surface area contributed by atoms with Gasteiger partial charge in [-0.1, -0.05) is 69.3 Å². The van der Waals surface area contributed by atoms with Gasteiger partial charge in [0.1, 0.15) is 17.8 Å². The highest BCUT2D eigenvalue weighted by atomic mass is 32.1. The number of aromatic nitrogens is 2. The topological polar surface area (TPSA) is 142 Å². The number of phenolic OH excluding ortho intramolecular Hbond substituents is 1. The second kappa shape index (κ2) is 12.9. The van der Waals surface area contributed by atoms with Crippen molar-refractivity contribution in [3.05, 3.63) is 101 Å². The lowest BCUT2D eigenvalue weighted by molar-refractivity contribution is -0.141. The van der Waals surface area contributed by atoms with E-state index in [1.54, 1.807) is 24.5 Å². The Labute approximate surface area is 265 Å². The van der Waals surface area contributed by atoms with E-state index in [9.17, 15) is 24.6 Å². The number of hydrogen-bond donors (Lipinski definition) is 4. The Morgan fingerprint density at radius 3 is 2.11 bits per heavy atom. The van der Waals surface area contributed by atoms with Crippen LogP contribution in [-0.4, -0.2) is 50.0 Å². The van der Waals surface area contributed by atoms with Crippen molar-refractivity contribution < 1.29 is 24.6 Å². The van der Waals surface area contributed by atoms with Crippen molar-refractivity contribution in [3.63, 3.8) is 0 Å².